The summed E-state index contributed by atoms with van der Waals surface area (Å²) in [5.74, 6) is -2.02. The second-order valence-corrected chi connectivity index (χ2v) is 4.51. The molecule has 0 saturated heterocycles. The molecule has 1 aromatic carbocycles. The Balaban J connectivity index is 3.64. The summed E-state index contributed by atoms with van der Waals surface area (Å²) >= 11 is 2.43. The zero-order chi connectivity index (χ0) is 15.9. The fraction of sp³-hybridized carbons (Fsp3) is 0.300. The van der Waals surface area contributed by atoms with Gasteiger partial charge < -0.3 is 10.2 Å². The van der Waals surface area contributed by atoms with Gasteiger partial charge in [0.15, 0.2) is 6.10 Å². The lowest BCUT2D eigenvalue weighted by molar-refractivity contribution is -0.149. The lowest BCUT2D eigenvalue weighted by Gasteiger charge is -2.19. The first-order valence-electron chi connectivity index (χ1n) is 4.74. The van der Waals surface area contributed by atoms with Gasteiger partial charge in [0.25, 0.3) is 0 Å². The van der Waals surface area contributed by atoms with Crippen molar-refractivity contribution in [3.05, 3.63) is 33.3 Å². The van der Waals surface area contributed by atoms with Crippen molar-refractivity contribution in [3.63, 3.8) is 0 Å². The van der Waals surface area contributed by atoms with E-state index in [-0.39, 0.29) is 12.1 Å². The molecule has 0 fully saturated rings. The number of carboxylic acid groups (broad SMARTS) is 1. The Morgan fingerprint density at radius 1 is 1.10 bits per heavy atom. The Hall–Kier alpha value is -1.29. The van der Waals surface area contributed by atoms with Gasteiger partial charge in [-0.15, -0.1) is 0 Å². The van der Waals surface area contributed by atoms with Crippen molar-refractivity contribution in [2.45, 2.75) is 18.5 Å². The quantitative estimate of drug-likeness (QED) is 0.786. The molecule has 1 atom stereocenters. The number of carboxylic acids is 1. The summed E-state index contributed by atoms with van der Waals surface area (Å²) in [5.41, 5.74) is -4.66. The normalized spacial score (nSPS) is 14.2. The number of aliphatic carboxylic acids is 1. The Labute approximate surface area is 116 Å². The Bertz CT molecular complexity index is 537. The molecule has 0 heterocycles. The van der Waals surface area contributed by atoms with Gasteiger partial charge >= 0.3 is 18.3 Å². The third kappa shape index (κ3) is 3.42. The van der Waals surface area contributed by atoms with Gasteiger partial charge in [0, 0.05) is 10.0 Å². The molecule has 0 saturated carbocycles. The van der Waals surface area contributed by atoms with Crippen LogP contribution in [0.15, 0.2) is 16.6 Å². The van der Waals surface area contributed by atoms with E-state index in [9.17, 15) is 36.2 Å². The van der Waals surface area contributed by atoms with Crippen molar-refractivity contribution in [1.82, 2.24) is 0 Å². The summed E-state index contributed by atoms with van der Waals surface area (Å²) in [6, 6.07) is 0.0307. The van der Waals surface area contributed by atoms with Gasteiger partial charge in [0.05, 0.1) is 11.1 Å². The van der Waals surface area contributed by atoms with Crippen molar-refractivity contribution in [2.24, 2.45) is 0 Å². The highest BCUT2D eigenvalue weighted by atomic mass is 79.9. The smallest absolute Gasteiger partial charge is 0.416 e. The Morgan fingerprint density at radius 2 is 1.60 bits per heavy atom. The fourth-order valence-corrected chi connectivity index (χ4v) is 2.09. The number of rotatable bonds is 2. The topological polar surface area (TPSA) is 57.5 Å². The third-order valence-electron chi connectivity index (χ3n) is 2.27. The van der Waals surface area contributed by atoms with Crippen molar-refractivity contribution < 1.29 is 41.4 Å². The lowest BCUT2D eigenvalue weighted by atomic mass is 9.98. The van der Waals surface area contributed by atoms with Gasteiger partial charge in [0.2, 0.25) is 0 Å². The lowest BCUT2D eigenvalue weighted by Crippen LogP contribution is -2.20. The van der Waals surface area contributed by atoms with Gasteiger partial charge in [-0.3, -0.25) is 0 Å². The molecule has 10 heteroatoms. The maximum Gasteiger partial charge on any atom is 0.416 e. The molecule has 1 rings (SSSR count). The van der Waals surface area contributed by atoms with E-state index in [1.54, 1.807) is 0 Å². The van der Waals surface area contributed by atoms with E-state index >= 15 is 0 Å². The van der Waals surface area contributed by atoms with Crippen molar-refractivity contribution in [1.29, 1.82) is 0 Å². The summed E-state index contributed by atoms with van der Waals surface area (Å²) in [4.78, 5) is 10.6. The van der Waals surface area contributed by atoms with E-state index in [1.165, 1.54) is 0 Å². The monoisotopic (exact) mass is 366 g/mol. The summed E-state index contributed by atoms with van der Waals surface area (Å²) < 4.78 is 74.8. The van der Waals surface area contributed by atoms with Crippen LogP contribution in [0.25, 0.3) is 0 Å². The first-order valence-corrected chi connectivity index (χ1v) is 5.53. The number of benzene rings is 1. The van der Waals surface area contributed by atoms with Crippen LogP contribution in [0.5, 0.6) is 0 Å². The minimum atomic E-state index is -5.25. The van der Waals surface area contributed by atoms with Gasteiger partial charge in [-0.1, -0.05) is 15.9 Å². The summed E-state index contributed by atoms with van der Waals surface area (Å²) in [6.45, 7) is 0. The van der Waals surface area contributed by atoms with E-state index in [2.05, 4.69) is 15.9 Å². The standard InChI is InChI=1S/C10H5BrF6O3/c11-5-2-3(9(12,13)14)1-4(10(15,16)17)6(5)7(18)8(19)20/h1-2,7,18H,(H,19,20). The van der Waals surface area contributed by atoms with E-state index in [4.69, 9.17) is 5.11 Å². The van der Waals surface area contributed by atoms with Gasteiger partial charge in [-0.05, 0) is 12.1 Å². The average molecular weight is 367 g/mol. The van der Waals surface area contributed by atoms with Crippen LogP contribution in [0.3, 0.4) is 0 Å². The minimum Gasteiger partial charge on any atom is -0.479 e. The molecule has 0 amide bonds. The van der Waals surface area contributed by atoms with E-state index in [0.717, 1.165) is 0 Å². The van der Waals surface area contributed by atoms with Gasteiger partial charge in [-0.2, -0.15) is 26.3 Å². The number of aliphatic hydroxyl groups is 1. The van der Waals surface area contributed by atoms with Crippen LogP contribution in [-0.4, -0.2) is 16.2 Å². The van der Waals surface area contributed by atoms with Crippen LogP contribution >= 0.6 is 15.9 Å². The van der Waals surface area contributed by atoms with E-state index < -0.39 is 45.6 Å². The van der Waals surface area contributed by atoms with Crippen LogP contribution in [0.4, 0.5) is 26.3 Å². The molecule has 0 aliphatic rings. The first kappa shape index (κ1) is 16.8. The molecule has 3 nitrogen and oxygen atoms in total. The molecule has 20 heavy (non-hydrogen) atoms. The highest BCUT2D eigenvalue weighted by Gasteiger charge is 2.41. The largest absolute Gasteiger partial charge is 0.479 e. The number of carbonyl (C=O) groups is 1. The molecule has 112 valence electrons. The zero-order valence-corrected chi connectivity index (χ0v) is 10.8. The van der Waals surface area contributed by atoms with Crippen LogP contribution in [-0.2, 0) is 17.1 Å². The highest BCUT2D eigenvalue weighted by Crippen LogP contribution is 2.42. The number of aliphatic hydroxyl groups excluding tert-OH is 1. The molecular weight excluding hydrogens is 362 g/mol. The van der Waals surface area contributed by atoms with Crippen molar-refractivity contribution in [2.75, 3.05) is 0 Å². The van der Waals surface area contributed by atoms with Crippen LogP contribution < -0.4 is 0 Å². The number of alkyl halides is 6. The Kier molecular flexibility index (Phi) is 4.39. The molecule has 1 unspecified atom stereocenters. The summed E-state index contributed by atoms with van der Waals surface area (Å²) in [6.07, 6.45) is -12.9. The Morgan fingerprint density at radius 3 is 1.95 bits per heavy atom. The molecule has 0 radical (unpaired) electrons. The van der Waals surface area contributed by atoms with Crippen LogP contribution in [0.2, 0.25) is 0 Å². The number of hydrogen-bond donors (Lipinski definition) is 2. The summed E-state index contributed by atoms with van der Waals surface area (Å²) in [5, 5.41) is 17.7. The van der Waals surface area contributed by atoms with E-state index in [0.29, 0.717) is 0 Å². The molecule has 0 aliphatic carbocycles. The first-order chi connectivity index (χ1) is 8.85. The SMILES string of the molecule is O=C(O)C(O)c1c(Br)cc(C(F)(F)F)cc1C(F)(F)F. The number of halogens is 7. The van der Waals surface area contributed by atoms with Crippen molar-refractivity contribution in [3.8, 4) is 0 Å². The maximum absolute atomic E-state index is 12.7. The molecule has 0 aromatic heterocycles. The second-order valence-electron chi connectivity index (χ2n) is 3.66. The average Bonchev–Trinajstić information content (AvgIpc) is 2.24. The summed E-state index contributed by atoms with van der Waals surface area (Å²) in [7, 11) is 0. The van der Waals surface area contributed by atoms with Crippen molar-refractivity contribution >= 4 is 21.9 Å². The highest BCUT2D eigenvalue weighted by molar-refractivity contribution is 9.10. The van der Waals surface area contributed by atoms with E-state index in [1.807, 2.05) is 0 Å². The molecule has 1 aromatic rings. The predicted molar refractivity (Wildman–Crippen MR) is 56.7 cm³/mol. The molecule has 2 N–H and O–H groups in total. The van der Waals surface area contributed by atoms with Crippen LogP contribution in [0.1, 0.15) is 22.8 Å². The van der Waals surface area contributed by atoms with Crippen LogP contribution in [0, 0.1) is 0 Å². The molecular formula is C10H5BrF6O3. The maximum atomic E-state index is 12.7. The molecule has 0 spiro atoms. The minimum absolute atomic E-state index is 0.244. The third-order valence-corrected chi connectivity index (χ3v) is 2.93. The second kappa shape index (κ2) is 5.24. The van der Waals surface area contributed by atoms with Gasteiger partial charge in [0.1, 0.15) is 0 Å². The fourth-order valence-electron chi connectivity index (χ4n) is 1.42. The number of hydrogen-bond acceptors (Lipinski definition) is 2. The predicted octanol–water partition coefficient (Wildman–Crippen LogP) is 3.60. The molecule has 0 aliphatic heterocycles. The molecule has 0 bridgehead atoms. The zero-order valence-electron chi connectivity index (χ0n) is 9.18. The van der Waals surface area contributed by atoms with Gasteiger partial charge in [-0.25, -0.2) is 4.79 Å².